The minimum Gasteiger partial charge on any atom is -0.376 e. The molecular weight excluding hydrogens is 288 g/mol. The highest BCUT2D eigenvalue weighted by Crippen LogP contribution is 2.18. The number of nitrogens with zero attached hydrogens (tertiary/aromatic N) is 1. The summed E-state index contributed by atoms with van der Waals surface area (Å²) in [5.41, 5.74) is 0. The van der Waals surface area contributed by atoms with Gasteiger partial charge in [0.15, 0.2) is 0 Å². The van der Waals surface area contributed by atoms with Crippen LogP contribution in [0, 0.1) is 0 Å². The summed E-state index contributed by atoms with van der Waals surface area (Å²) in [4.78, 5) is 13.4. The number of sulfonamides is 1. The van der Waals surface area contributed by atoms with E-state index in [9.17, 15) is 13.2 Å². The molecule has 1 N–H and O–H groups in total. The van der Waals surface area contributed by atoms with Gasteiger partial charge in [-0.3, -0.25) is 4.79 Å². The molecule has 1 aliphatic rings. The van der Waals surface area contributed by atoms with E-state index in [2.05, 4.69) is 4.72 Å². The molecule has 8 nitrogen and oxygen atoms in total. The van der Waals surface area contributed by atoms with E-state index in [-0.39, 0.29) is 30.7 Å². The van der Waals surface area contributed by atoms with Crippen molar-refractivity contribution in [3.05, 3.63) is 0 Å². The fraction of sp³-hybridized carbons (Fsp3) is 0.909. The van der Waals surface area contributed by atoms with Gasteiger partial charge in [-0.05, 0) is 0 Å². The van der Waals surface area contributed by atoms with Gasteiger partial charge in [-0.15, -0.1) is 0 Å². The highest BCUT2D eigenvalue weighted by Gasteiger charge is 2.38. The van der Waals surface area contributed by atoms with Crippen LogP contribution in [0.4, 0.5) is 0 Å². The van der Waals surface area contributed by atoms with Crippen LogP contribution in [0.3, 0.4) is 0 Å². The molecule has 0 aromatic carbocycles. The summed E-state index contributed by atoms with van der Waals surface area (Å²) >= 11 is 0. The Morgan fingerprint density at radius 2 is 2.00 bits per heavy atom. The summed E-state index contributed by atoms with van der Waals surface area (Å²) in [6, 6.07) is -0.326. The largest absolute Gasteiger partial charge is 0.376 e. The first-order chi connectivity index (χ1) is 9.30. The molecule has 9 heteroatoms. The second-order valence-electron chi connectivity index (χ2n) is 4.68. The summed E-state index contributed by atoms with van der Waals surface area (Å²) < 4.78 is 40.2. The number of nitrogens with one attached hydrogen (secondary N) is 1. The van der Waals surface area contributed by atoms with E-state index >= 15 is 0 Å². The van der Waals surface area contributed by atoms with Crippen molar-refractivity contribution >= 4 is 15.9 Å². The average molecular weight is 310 g/mol. The van der Waals surface area contributed by atoms with Crippen LogP contribution in [0.15, 0.2) is 0 Å². The lowest BCUT2D eigenvalue weighted by atomic mass is 10.0. The number of carbonyl (C=O) groups is 1. The van der Waals surface area contributed by atoms with Crippen LogP contribution in [0.5, 0.6) is 0 Å². The molecule has 1 heterocycles. The van der Waals surface area contributed by atoms with Gasteiger partial charge in [-0.1, -0.05) is 0 Å². The maximum Gasteiger partial charge on any atom is 0.237 e. The van der Waals surface area contributed by atoms with Crippen molar-refractivity contribution in [3.63, 3.8) is 0 Å². The summed E-state index contributed by atoms with van der Waals surface area (Å²) in [5.74, 6) is -0.358. The first kappa shape index (κ1) is 17.3. The second kappa shape index (κ2) is 7.32. The standard InChI is InChI=1S/C11H22N2O6S/c1-13(10(14)5-12-20(4,15)16)8-6-19-7-9(17-2)11(8)18-3/h8-9,11-12H,5-7H2,1-4H3/t8-,9-,11+/m1/s1. The van der Waals surface area contributed by atoms with Crippen LogP contribution in [0.25, 0.3) is 0 Å². The minimum atomic E-state index is -3.40. The highest BCUT2D eigenvalue weighted by molar-refractivity contribution is 7.88. The molecule has 3 atom stereocenters. The third kappa shape index (κ3) is 4.67. The van der Waals surface area contributed by atoms with Gasteiger partial charge >= 0.3 is 0 Å². The maximum absolute atomic E-state index is 12.0. The van der Waals surface area contributed by atoms with E-state index in [1.807, 2.05) is 0 Å². The first-order valence-corrected chi connectivity index (χ1v) is 8.03. The summed E-state index contributed by atoms with van der Waals surface area (Å²) in [5, 5.41) is 0. The Labute approximate surface area is 119 Å². The SMILES string of the molecule is CO[C@H]1[C@H](N(C)C(=O)CNS(C)(=O)=O)COC[C@H]1OC. The van der Waals surface area contributed by atoms with Gasteiger partial charge in [0.1, 0.15) is 12.2 Å². The monoisotopic (exact) mass is 310 g/mol. The van der Waals surface area contributed by atoms with Gasteiger partial charge in [-0.25, -0.2) is 13.1 Å². The van der Waals surface area contributed by atoms with Gasteiger partial charge in [0.2, 0.25) is 15.9 Å². The molecule has 0 radical (unpaired) electrons. The van der Waals surface area contributed by atoms with E-state index in [1.165, 1.54) is 4.90 Å². The zero-order valence-corrected chi connectivity index (χ0v) is 13.0. The zero-order chi connectivity index (χ0) is 15.3. The molecule has 0 aliphatic carbocycles. The lowest BCUT2D eigenvalue weighted by molar-refractivity contribution is -0.164. The molecule has 0 saturated carbocycles. The van der Waals surface area contributed by atoms with Gasteiger partial charge in [0, 0.05) is 21.3 Å². The molecule has 0 bridgehead atoms. The molecule has 0 spiro atoms. The molecule has 1 saturated heterocycles. The topological polar surface area (TPSA) is 94.2 Å². The van der Waals surface area contributed by atoms with Crippen molar-refractivity contribution in [2.75, 3.05) is 47.3 Å². The van der Waals surface area contributed by atoms with Crippen molar-refractivity contribution in [2.24, 2.45) is 0 Å². The highest BCUT2D eigenvalue weighted by atomic mass is 32.2. The van der Waals surface area contributed by atoms with E-state index < -0.39 is 10.0 Å². The number of ether oxygens (including phenoxy) is 3. The molecule has 0 aromatic heterocycles. The number of rotatable bonds is 6. The molecule has 1 aliphatic heterocycles. The van der Waals surface area contributed by atoms with E-state index in [0.29, 0.717) is 13.2 Å². The van der Waals surface area contributed by atoms with Gasteiger partial charge in [0.05, 0.1) is 32.1 Å². The van der Waals surface area contributed by atoms with Crippen molar-refractivity contribution in [1.29, 1.82) is 0 Å². The normalized spacial score (nSPS) is 27.3. The van der Waals surface area contributed by atoms with Crippen molar-refractivity contribution in [1.82, 2.24) is 9.62 Å². The number of likely N-dealkylation sites (N-methyl/N-ethyl adjacent to an activating group) is 1. The predicted octanol–water partition coefficient (Wildman–Crippen LogP) is -1.58. The Morgan fingerprint density at radius 3 is 2.50 bits per heavy atom. The number of hydrogen-bond acceptors (Lipinski definition) is 6. The Balaban J connectivity index is 2.68. The van der Waals surface area contributed by atoms with Gasteiger partial charge in [0.25, 0.3) is 0 Å². The number of methoxy groups -OCH3 is 2. The van der Waals surface area contributed by atoms with E-state index in [1.54, 1.807) is 21.3 Å². The summed E-state index contributed by atoms with van der Waals surface area (Å²) in [6.45, 7) is 0.425. The third-order valence-corrected chi connectivity index (χ3v) is 3.94. The van der Waals surface area contributed by atoms with Gasteiger partial charge in [-0.2, -0.15) is 0 Å². The molecule has 118 valence electrons. The van der Waals surface area contributed by atoms with Crippen LogP contribution in [0.2, 0.25) is 0 Å². The second-order valence-corrected chi connectivity index (χ2v) is 6.51. The smallest absolute Gasteiger partial charge is 0.237 e. The molecule has 1 rings (SSSR count). The fourth-order valence-corrected chi connectivity index (χ4v) is 2.47. The number of carbonyl (C=O) groups excluding carboxylic acids is 1. The van der Waals surface area contributed by atoms with E-state index in [4.69, 9.17) is 14.2 Å². The summed E-state index contributed by atoms with van der Waals surface area (Å²) in [7, 11) is 1.28. The van der Waals surface area contributed by atoms with Crippen molar-refractivity contribution in [3.8, 4) is 0 Å². The number of hydrogen-bond donors (Lipinski definition) is 1. The molecule has 0 aromatic rings. The lowest BCUT2D eigenvalue weighted by Gasteiger charge is -2.40. The Bertz CT molecular complexity index is 427. The Hall–Kier alpha value is -0.740. The molecule has 1 fully saturated rings. The van der Waals surface area contributed by atoms with Crippen LogP contribution < -0.4 is 4.72 Å². The third-order valence-electron chi connectivity index (χ3n) is 3.27. The quantitative estimate of drug-likeness (QED) is 0.636. The molecule has 20 heavy (non-hydrogen) atoms. The minimum absolute atomic E-state index is 0.267. The predicted molar refractivity (Wildman–Crippen MR) is 71.8 cm³/mol. The zero-order valence-electron chi connectivity index (χ0n) is 12.2. The molecular formula is C11H22N2O6S. The molecule has 0 unspecified atom stereocenters. The van der Waals surface area contributed by atoms with Crippen LogP contribution in [-0.2, 0) is 29.0 Å². The maximum atomic E-state index is 12.0. The molecule has 1 amide bonds. The van der Waals surface area contributed by atoms with Crippen molar-refractivity contribution in [2.45, 2.75) is 18.2 Å². The Kier molecular flexibility index (Phi) is 6.34. The number of amides is 1. The average Bonchev–Trinajstić information content (AvgIpc) is 2.41. The van der Waals surface area contributed by atoms with Crippen LogP contribution >= 0.6 is 0 Å². The Morgan fingerprint density at radius 1 is 1.35 bits per heavy atom. The fourth-order valence-electron chi connectivity index (χ4n) is 2.09. The summed E-state index contributed by atoms with van der Waals surface area (Å²) in [6.07, 6.45) is 0.418. The first-order valence-electron chi connectivity index (χ1n) is 6.13. The van der Waals surface area contributed by atoms with Gasteiger partial charge < -0.3 is 19.1 Å². The van der Waals surface area contributed by atoms with Crippen LogP contribution in [0.1, 0.15) is 0 Å². The van der Waals surface area contributed by atoms with Crippen molar-refractivity contribution < 1.29 is 27.4 Å². The van der Waals surface area contributed by atoms with E-state index in [0.717, 1.165) is 6.26 Å². The van der Waals surface area contributed by atoms with Crippen LogP contribution in [-0.4, -0.2) is 84.8 Å². The lowest BCUT2D eigenvalue weighted by Crippen LogP contribution is -2.58.